The summed E-state index contributed by atoms with van der Waals surface area (Å²) in [5.41, 5.74) is 5.82. The molecule has 0 bridgehead atoms. The van der Waals surface area contributed by atoms with E-state index in [4.69, 9.17) is 58.5 Å². The minimum absolute atomic E-state index is 0.401. The van der Waals surface area contributed by atoms with E-state index in [-0.39, 0.29) is 0 Å². The van der Waals surface area contributed by atoms with E-state index in [1.54, 1.807) is 13.3 Å². The normalized spacial score (nSPS) is 14.8. The first-order chi connectivity index (χ1) is 29.4. The lowest BCUT2D eigenvalue weighted by Gasteiger charge is -2.26. The molecule has 17 heteroatoms. The summed E-state index contributed by atoms with van der Waals surface area (Å²) in [5.74, 6) is 3.77. The highest BCUT2D eigenvalue weighted by molar-refractivity contribution is 6.44. The molecule has 0 radical (unpaired) electrons. The first kappa shape index (κ1) is 41.5. The van der Waals surface area contributed by atoms with Gasteiger partial charge in [-0.25, -0.2) is 19.9 Å². The summed E-state index contributed by atoms with van der Waals surface area (Å²) in [6.07, 6.45) is 3.10. The Labute approximate surface area is 362 Å². The zero-order valence-electron chi connectivity index (χ0n) is 32.9. The Morgan fingerprint density at radius 2 is 1.15 bits per heavy atom. The number of morpholine rings is 2. The second-order valence-corrected chi connectivity index (χ2v) is 15.1. The number of aromatic nitrogens is 6. The van der Waals surface area contributed by atoms with Crippen molar-refractivity contribution in [2.24, 2.45) is 0 Å². The Morgan fingerprint density at radius 1 is 0.650 bits per heavy atom. The maximum Gasteiger partial charge on any atom is 0.180 e. The molecule has 6 heterocycles. The number of hydrogen-bond donors (Lipinski definition) is 3. The van der Waals surface area contributed by atoms with Gasteiger partial charge in [0, 0.05) is 56.6 Å². The van der Waals surface area contributed by atoms with E-state index < -0.39 is 0 Å². The molecule has 0 unspecified atom stereocenters. The number of methoxy groups -OCH3 is 1. The molecule has 7 aromatic rings. The molecule has 0 amide bonds. The maximum absolute atomic E-state index is 6.49. The Morgan fingerprint density at radius 3 is 1.70 bits per heavy atom. The number of anilines is 2. The Balaban J connectivity index is 0.000000172. The fourth-order valence-corrected chi connectivity index (χ4v) is 7.28. The quantitative estimate of drug-likeness (QED) is 0.102. The van der Waals surface area contributed by atoms with Crippen LogP contribution in [0.4, 0.5) is 11.4 Å². The lowest BCUT2D eigenvalue weighted by molar-refractivity contribution is 0.0321. The molecule has 0 spiro atoms. The number of hydrogen-bond acceptors (Lipinski definition) is 12. The topological polar surface area (TPSA) is 148 Å². The minimum Gasteiger partial charge on any atom is -0.495 e. The van der Waals surface area contributed by atoms with Gasteiger partial charge in [0.2, 0.25) is 0 Å². The molecule has 9 rings (SSSR count). The standard InChI is InChI=1S/C25H26ClN5O3.C18H18Cl2N4O2/c1-32-21-5-3-2-4-20(21)28-22-19(26)16-27-25-23(22)29-24(30-25)17-6-8-18(9-7-17)34-15-12-31-10-13-33-14-11-31;19-14-11-21-18-16(15(14)20)22-17(23-18)12-1-3-13(4-2-12)26-10-7-24-5-8-25-9-6-24/h2-9,16H,10-15H2,1H3,(H2,27,28,29,30);1-4,11H,5-10H2,(H,21,22,23). The van der Waals surface area contributed by atoms with E-state index in [1.165, 1.54) is 6.20 Å². The van der Waals surface area contributed by atoms with E-state index in [0.717, 1.165) is 99.5 Å². The third kappa shape index (κ3) is 10.2. The zero-order chi connectivity index (χ0) is 41.3. The SMILES string of the molecule is COc1ccccc1Nc1c(Cl)cnc2nc(-c3ccc(OCCN4CCOCC4)cc3)[nH]c12.Clc1cnc2nc(-c3ccc(OCCN4CCOCC4)cc3)[nH]c2c1Cl. The van der Waals surface area contributed by atoms with Gasteiger partial charge in [0.05, 0.1) is 66.2 Å². The fraction of sp³-hybridized carbons (Fsp3) is 0.302. The van der Waals surface area contributed by atoms with Crippen LogP contribution in [0.1, 0.15) is 0 Å². The second kappa shape index (κ2) is 19.9. The number of fused-ring (bicyclic) bond motifs is 2. The number of ether oxygens (including phenoxy) is 5. The number of H-pyrrole nitrogens is 2. The van der Waals surface area contributed by atoms with Gasteiger partial charge in [-0.05, 0) is 60.7 Å². The molecule has 0 saturated carbocycles. The molecule has 2 aliphatic heterocycles. The molecule has 3 aromatic carbocycles. The Kier molecular flexibility index (Phi) is 13.8. The largest absolute Gasteiger partial charge is 0.495 e. The molecule has 2 saturated heterocycles. The van der Waals surface area contributed by atoms with E-state index >= 15 is 0 Å². The number of imidazole rings is 2. The van der Waals surface area contributed by atoms with Crippen molar-refractivity contribution in [1.29, 1.82) is 0 Å². The van der Waals surface area contributed by atoms with Crippen LogP contribution in [0.3, 0.4) is 0 Å². The summed E-state index contributed by atoms with van der Waals surface area (Å²) in [4.78, 5) is 28.9. The monoisotopic (exact) mass is 871 g/mol. The van der Waals surface area contributed by atoms with E-state index in [9.17, 15) is 0 Å². The zero-order valence-corrected chi connectivity index (χ0v) is 35.2. The van der Waals surface area contributed by atoms with Crippen molar-refractivity contribution in [3.05, 3.63) is 100 Å². The third-order valence-electron chi connectivity index (χ3n) is 10.1. The van der Waals surface area contributed by atoms with Crippen LogP contribution in [0.25, 0.3) is 45.1 Å². The van der Waals surface area contributed by atoms with Gasteiger partial charge in [-0.1, -0.05) is 46.9 Å². The van der Waals surface area contributed by atoms with Crippen molar-refractivity contribution in [2.75, 3.05) is 91.3 Å². The molecule has 2 fully saturated rings. The summed E-state index contributed by atoms with van der Waals surface area (Å²) in [6.45, 7) is 10.1. The summed E-state index contributed by atoms with van der Waals surface area (Å²) < 4.78 is 27.9. The summed E-state index contributed by atoms with van der Waals surface area (Å²) in [5, 5.41) is 4.67. The highest BCUT2D eigenvalue weighted by atomic mass is 35.5. The van der Waals surface area contributed by atoms with Gasteiger partial charge in [-0.2, -0.15) is 0 Å². The van der Waals surface area contributed by atoms with Crippen molar-refractivity contribution in [2.45, 2.75) is 0 Å². The number of nitrogens with zero attached hydrogens (tertiary/aromatic N) is 6. The highest BCUT2D eigenvalue weighted by Crippen LogP contribution is 2.36. The van der Waals surface area contributed by atoms with Crippen LogP contribution in [0, 0.1) is 0 Å². The number of nitrogens with one attached hydrogen (secondary N) is 3. The van der Waals surface area contributed by atoms with E-state index in [2.05, 4.69) is 45.0 Å². The maximum atomic E-state index is 6.49. The number of benzene rings is 3. The van der Waals surface area contributed by atoms with Crippen molar-refractivity contribution in [3.63, 3.8) is 0 Å². The van der Waals surface area contributed by atoms with Crippen molar-refractivity contribution >= 4 is 68.5 Å². The van der Waals surface area contributed by atoms with Crippen molar-refractivity contribution in [3.8, 4) is 40.0 Å². The van der Waals surface area contributed by atoms with Crippen LogP contribution in [-0.4, -0.2) is 126 Å². The number of pyridine rings is 2. The number of aromatic amines is 2. The molecule has 60 heavy (non-hydrogen) atoms. The first-order valence-corrected chi connectivity index (χ1v) is 20.8. The molecule has 14 nitrogen and oxygen atoms in total. The average molecular weight is 873 g/mol. The number of rotatable bonds is 13. The van der Waals surface area contributed by atoms with Crippen LogP contribution in [0.5, 0.6) is 17.2 Å². The minimum atomic E-state index is 0.401. The molecule has 4 aromatic heterocycles. The van der Waals surface area contributed by atoms with Gasteiger partial charge in [-0.15, -0.1) is 0 Å². The predicted octanol–water partition coefficient (Wildman–Crippen LogP) is 8.38. The lowest BCUT2D eigenvalue weighted by Crippen LogP contribution is -2.38. The first-order valence-electron chi connectivity index (χ1n) is 19.6. The van der Waals surface area contributed by atoms with Gasteiger partial charge in [0.25, 0.3) is 0 Å². The Hall–Kier alpha value is -5.19. The summed E-state index contributed by atoms with van der Waals surface area (Å²) in [7, 11) is 1.63. The van der Waals surface area contributed by atoms with Crippen molar-refractivity contribution in [1.82, 2.24) is 39.7 Å². The molecular weight excluding hydrogens is 829 g/mol. The summed E-state index contributed by atoms with van der Waals surface area (Å²) >= 11 is 18.7. The van der Waals surface area contributed by atoms with E-state index in [0.29, 0.717) is 68.2 Å². The molecule has 0 atom stereocenters. The molecule has 3 N–H and O–H groups in total. The average Bonchev–Trinajstić information content (AvgIpc) is 3.94. The van der Waals surface area contributed by atoms with Gasteiger partial charge in [0.15, 0.2) is 11.3 Å². The van der Waals surface area contributed by atoms with Gasteiger partial charge in [0.1, 0.15) is 53.1 Å². The van der Waals surface area contributed by atoms with Crippen LogP contribution >= 0.6 is 34.8 Å². The molecule has 0 aliphatic carbocycles. The van der Waals surface area contributed by atoms with Gasteiger partial charge < -0.3 is 39.0 Å². The lowest BCUT2D eigenvalue weighted by atomic mass is 10.2. The van der Waals surface area contributed by atoms with Crippen molar-refractivity contribution < 1.29 is 23.7 Å². The van der Waals surface area contributed by atoms with Crippen LogP contribution in [0.2, 0.25) is 15.1 Å². The van der Waals surface area contributed by atoms with Crippen LogP contribution < -0.4 is 19.5 Å². The number of para-hydroxylation sites is 2. The molecular formula is C43H44Cl3N9O5. The predicted molar refractivity (Wildman–Crippen MR) is 235 cm³/mol. The second-order valence-electron chi connectivity index (χ2n) is 13.9. The van der Waals surface area contributed by atoms with Gasteiger partial charge >= 0.3 is 0 Å². The van der Waals surface area contributed by atoms with Crippen LogP contribution in [-0.2, 0) is 9.47 Å². The third-order valence-corrected chi connectivity index (χ3v) is 11.1. The fourth-order valence-electron chi connectivity index (χ4n) is 6.77. The summed E-state index contributed by atoms with van der Waals surface area (Å²) in [6, 6.07) is 23.3. The molecule has 2 aliphatic rings. The van der Waals surface area contributed by atoms with E-state index in [1.807, 2.05) is 72.8 Å². The Bertz CT molecular complexity index is 2490. The molecule has 312 valence electrons. The van der Waals surface area contributed by atoms with Gasteiger partial charge in [-0.3, -0.25) is 9.80 Å². The smallest absolute Gasteiger partial charge is 0.180 e. The highest BCUT2D eigenvalue weighted by Gasteiger charge is 2.17. The number of halogens is 3. The van der Waals surface area contributed by atoms with Crippen LogP contribution in [0.15, 0.2) is 85.2 Å².